The molecular weight excluding hydrogens is 295 g/mol. The van der Waals surface area contributed by atoms with Gasteiger partial charge in [-0.15, -0.1) is 0 Å². The molecule has 0 aliphatic heterocycles. The van der Waals surface area contributed by atoms with E-state index in [1.54, 1.807) is 0 Å². The Hall–Kier alpha value is -1.70. The maximum absolute atomic E-state index is 12.7. The lowest BCUT2D eigenvalue weighted by atomic mass is 10.1. The topological polar surface area (TPSA) is 66.4 Å². The SMILES string of the molecule is O=C(N[C@@H](CCS)C(=O)O)c1ccccc1C(F)(F)F. The van der Waals surface area contributed by atoms with Crippen molar-refractivity contribution in [1.82, 2.24) is 5.32 Å². The molecule has 1 rings (SSSR count). The molecule has 0 aliphatic carbocycles. The largest absolute Gasteiger partial charge is 0.480 e. The minimum Gasteiger partial charge on any atom is -0.480 e. The molecule has 0 fully saturated rings. The number of benzene rings is 1. The van der Waals surface area contributed by atoms with Gasteiger partial charge < -0.3 is 10.4 Å². The zero-order valence-electron chi connectivity index (χ0n) is 10.1. The van der Waals surface area contributed by atoms with E-state index in [9.17, 15) is 22.8 Å². The summed E-state index contributed by atoms with van der Waals surface area (Å²) in [5, 5.41) is 10.9. The van der Waals surface area contributed by atoms with Crippen molar-refractivity contribution in [3.8, 4) is 0 Å². The van der Waals surface area contributed by atoms with Crippen LogP contribution in [0.25, 0.3) is 0 Å². The second-order valence-corrected chi connectivity index (χ2v) is 4.37. The fourth-order valence-corrected chi connectivity index (χ4v) is 1.81. The number of carbonyl (C=O) groups is 2. The average molecular weight is 307 g/mol. The van der Waals surface area contributed by atoms with Gasteiger partial charge in [0.2, 0.25) is 0 Å². The average Bonchev–Trinajstić information content (AvgIpc) is 2.37. The van der Waals surface area contributed by atoms with E-state index in [0.29, 0.717) is 0 Å². The van der Waals surface area contributed by atoms with Crippen molar-refractivity contribution < 1.29 is 27.9 Å². The van der Waals surface area contributed by atoms with E-state index in [1.165, 1.54) is 6.07 Å². The van der Waals surface area contributed by atoms with Crippen LogP contribution in [0.3, 0.4) is 0 Å². The molecule has 1 aromatic carbocycles. The maximum Gasteiger partial charge on any atom is 0.417 e. The lowest BCUT2D eigenvalue weighted by Crippen LogP contribution is -2.41. The first kappa shape index (κ1) is 16.4. The Kier molecular flexibility index (Phi) is 5.43. The molecule has 110 valence electrons. The van der Waals surface area contributed by atoms with E-state index in [4.69, 9.17) is 5.11 Å². The highest BCUT2D eigenvalue weighted by Crippen LogP contribution is 2.31. The number of amides is 1. The van der Waals surface area contributed by atoms with Gasteiger partial charge in [0.05, 0.1) is 11.1 Å². The summed E-state index contributed by atoms with van der Waals surface area (Å²) < 4.78 is 38.2. The van der Waals surface area contributed by atoms with Gasteiger partial charge in [0.15, 0.2) is 0 Å². The number of halogens is 3. The van der Waals surface area contributed by atoms with Crippen molar-refractivity contribution >= 4 is 24.5 Å². The smallest absolute Gasteiger partial charge is 0.417 e. The fourth-order valence-electron chi connectivity index (χ4n) is 1.55. The summed E-state index contributed by atoms with van der Waals surface area (Å²) in [6.45, 7) is 0. The molecule has 20 heavy (non-hydrogen) atoms. The lowest BCUT2D eigenvalue weighted by Gasteiger charge is -2.16. The Morgan fingerprint density at radius 3 is 2.40 bits per heavy atom. The van der Waals surface area contributed by atoms with Crippen LogP contribution in [-0.4, -0.2) is 28.8 Å². The summed E-state index contributed by atoms with van der Waals surface area (Å²) in [4.78, 5) is 22.7. The van der Waals surface area contributed by atoms with Crippen molar-refractivity contribution in [3.05, 3.63) is 35.4 Å². The van der Waals surface area contributed by atoms with Gasteiger partial charge in [0, 0.05) is 0 Å². The van der Waals surface area contributed by atoms with Crippen LogP contribution in [-0.2, 0) is 11.0 Å². The van der Waals surface area contributed by atoms with Gasteiger partial charge in [-0.1, -0.05) is 12.1 Å². The first-order valence-electron chi connectivity index (χ1n) is 5.58. The Morgan fingerprint density at radius 2 is 1.90 bits per heavy atom. The maximum atomic E-state index is 12.7. The molecule has 0 bridgehead atoms. The van der Waals surface area contributed by atoms with Gasteiger partial charge in [-0.05, 0) is 24.3 Å². The lowest BCUT2D eigenvalue weighted by molar-refractivity contribution is -0.139. The molecule has 4 nitrogen and oxygen atoms in total. The van der Waals surface area contributed by atoms with Crippen molar-refractivity contribution in [2.24, 2.45) is 0 Å². The van der Waals surface area contributed by atoms with Crippen LogP contribution in [0.2, 0.25) is 0 Å². The summed E-state index contributed by atoms with van der Waals surface area (Å²) in [6.07, 6.45) is -4.67. The van der Waals surface area contributed by atoms with Crippen LogP contribution in [0.1, 0.15) is 22.3 Å². The molecular formula is C12H12F3NO3S. The van der Waals surface area contributed by atoms with Crippen LogP contribution in [0.15, 0.2) is 24.3 Å². The molecule has 8 heteroatoms. The highest BCUT2D eigenvalue weighted by molar-refractivity contribution is 7.80. The fraction of sp³-hybridized carbons (Fsp3) is 0.333. The molecule has 0 saturated heterocycles. The standard InChI is InChI=1S/C12H12F3NO3S/c13-12(14,15)8-4-2-1-3-7(8)10(17)16-9(5-6-20)11(18)19/h1-4,9,20H,5-6H2,(H,16,17)(H,18,19)/t9-/m0/s1. The van der Waals surface area contributed by atoms with E-state index in [1.807, 2.05) is 0 Å². The monoisotopic (exact) mass is 307 g/mol. The number of aliphatic carboxylic acids is 1. The first-order chi connectivity index (χ1) is 9.27. The highest BCUT2D eigenvalue weighted by Gasteiger charge is 2.35. The summed E-state index contributed by atoms with van der Waals surface area (Å²) in [5.74, 6) is -2.22. The van der Waals surface area contributed by atoms with Crippen LogP contribution >= 0.6 is 12.6 Å². The second kappa shape index (κ2) is 6.65. The summed E-state index contributed by atoms with van der Waals surface area (Å²) in [5.41, 5.74) is -1.71. The predicted octanol–water partition coefficient (Wildman–Crippen LogP) is 2.21. The molecule has 0 saturated carbocycles. The number of nitrogens with one attached hydrogen (secondary N) is 1. The van der Waals surface area contributed by atoms with Crippen LogP contribution in [0.4, 0.5) is 13.2 Å². The van der Waals surface area contributed by atoms with Gasteiger partial charge in [0.25, 0.3) is 5.91 Å². The number of hydrogen-bond acceptors (Lipinski definition) is 3. The quantitative estimate of drug-likeness (QED) is 0.731. The molecule has 0 aromatic heterocycles. The number of carboxylic acids is 1. The molecule has 1 amide bonds. The minimum atomic E-state index is -4.68. The molecule has 0 radical (unpaired) electrons. The van der Waals surface area contributed by atoms with E-state index in [-0.39, 0.29) is 12.2 Å². The van der Waals surface area contributed by atoms with E-state index in [0.717, 1.165) is 18.2 Å². The molecule has 0 heterocycles. The van der Waals surface area contributed by atoms with E-state index >= 15 is 0 Å². The number of alkyl halides is 3. The Balaban J connectivity index is 3.01. The molecule has 0 spiro atoms. The molecule has 0 unspecified atom stereocenters. The van der Waals surface area contributed by atoms with Crippen molar-refractivity contribution in [2.75, 3.05) is 5.75 Å². The third-order valence-electron chi connectivity index (χ3n) is 2.50. The molecule has 1 aromatic rings. The van der Waals surface area contributed by atoms with Crippen molar-refractivity contribution in [2.45, 2.75) is 18.6 Å². The Morgan fingerprint density at radius 1 is 1.30 bits per heavy atom. The zero-order chi connectivity index (χ0) is 15.3. The number of carbonyl (C=O) groups excluding carboxylic acids is 1. The third-order valence-corrected chi connectivity index (χ3v) is 2.76. The van der Waals surface area contributed by atoms with Crippen LogP contribution in [0.5, 0.6) is 0 Å². The molecule has 2 N–H and O–H groups in total. The summed E-state index contributed by atoms with van der Waals surface area (Å²) >= 11 is 3.84. The van der Waals surface area contributed by atoms with Gasteiger partial charge in [-0.3, -0.25) is 4.79 Å². The van der Waals surface area contributed by atoms with Gasteiger partial charge in [-0.2, -0.15) is 25.8 Å². The number of hydrogen-bond donors (Lipinski definition) is 3. The van der Waals surface area contributed by atoms with Crippen molar-refractivity contribution in [3.63, 3.8) is 0 Å². The highest BCUT2D eigenvalue weighted by atomic mass is 32.1. The third kappa shape index (κ3) is 4.16. The predicted molar refractivity (Wildman–Crippen MR) is 68.8 cm³/mol. The summed E-state index contributed by atoms with van der Waals surface area (Å²) in [6, 6.07) is 2.92. The zero-order valence-corrected chi connectivity index (χ0v) is 11.0. The summed E-state index contributed by atoms with van der Waals surface area (Å²) in [7, 11) is 0. The number of carboxylic acid groups (broad SMARTS) is 1. The minimum absolute atomic E-state index is 0.0123. The number of rotatable bonds is 5. The van der Waals surface area contributed by atoms with Gasteiger partial charge in [0.1, 0.15) is 6.04 Å². The number of thiol groups is 1. The molecule has 1 atom stereocenters. The normalized spacial score (nSPS) is 12.8. The van der Waals surface area contributed by atoms with Crippen molar-refractivity contribution in [1.29, 1.82) is 0 Å². The molecule has 0 aliphatic rings. The Bertz CT molecular complexity index is 505. The van der Waals surface area contributed by atoms with Gasteiger partial charge in [-0.25, -0.2) is 4.79 Å². The van der Waals surface area contributed by atoms with Crippen LogP contribution < -0.4 is 5.32 Å². The van der Waals surface area contributed by atoms with E-state index in [2.05, 4.69) is 17.9 Å². The Labute approximate surface area is 118 Å². The second-order valence-electron chi connectivity index (χ2n) is 3.92. The van der Waals surface area contributed by atoms with Crippen LogP contribution in [0, 0.1) is 0 Å². The van der Waals surface area contributed by atoms with E-state index < -0.39 is 35.2 Å². The first-order valence-corrected chi connectivity index (χ1v) is 6.21. The van der Waals surface area contributed by atoms with Gasteiger partial charge >= 0.3 is 12.1 Å².